The fraction of sp³-hybridized carbons (Fsp3) is 0.273. The number of carboxylic acid groups (broad SMARTS) is 1. The monoisotopic (exact) mass is 302 g/mol. The van der Waals surface area contributed by atoms with Gasteiger partial charge in [-0.1, -0.05) is 0 Å². The van der Waals surface area contributed by atoms with Crippen LogP contribution in [0.5, 0.6) is 11.5 Å². The predicted octanol–water partition coefficient (Wildman–Crippen LogP) is 2.12. The van der Waals surface area contributed by atoms with E-state index < -0.39 is 5.97 Å². The molecule has 0 fully saturated rings. The summed E-state index contributed by atoms with van der Waals surface area (Å²) in [4.78, 5) is 21.0. The Hall–Kier alpha value is -1.56. The van der Waals surface area contributed by atoms with Gasteiger partial charge in [-0.05, 0) is 28.1 Å². The molecule has 0 aliphatic rings. The first-order valence-corrected chi connectivity index (χ1v) is 5.55. The number of ether oxygens (including phenoxy) is 2. The summed E-state index contributed by atoms with van der Waals surface area (Å²) < 4.78 is 10.9. The Balaban J connectivity index is 2.89. The second-order valence-electron chi connectivity index (χ2n) is 3.14. The van der Waals surface area contributed by atoms with Gasteiger partial charge in [0, 0.05) is 5.56 Å². The van der Waals surface area contributed by atoms with Gasteiger partial charge in [0.05, 0.1) is 24.6 Å². The SMILES string of the molecule is COc1cc(C=O)cc(Br)c1OCCC(=O)O. The van der Waals surface area contributed by atoms with Crippen molar-refractivity contribution in [1.82, 2.24) is 0 Å². The van der Waals surface area contributed by atoms with Crippen LogP contribution in [0.25, 0.3) is 0 Å². The molecular weight excluding hydrogens is 292 g/mol. The molecule has 0 saturated carbocycles. The minimum Gasteiger partial charge on any atom is -0.493 e. The van der Waals surface area contributed by atoms with Crippen LogP contribution >= 0.6 is 15.9 Å². The normalized spacial score (nSPS) is 9.76. The van der Waals surface area contributed by atoms with Crippen molar-refractivity contribution >= 4 is 28.2 Å². The molecule has 5 nitrogen and oxygen atoms in total. The topological polar surface area (TPSA) is 72.8 Å². The lowest BCUT2D eigenvalue weighted by atomic mass is 10.2. The van der Waals surface area contributed by atoms with Crippen LogP contribution in [0.2, 0.25) is 0 Å². The van der Waals surface area contributed by atoms with Crippen LogP contribution in [0.4, 0.5) is 0 Å². The van der Waals surface area contributed by atoms with Crippen LogP contribution in [0.15, 0.2) is 16.6 Å². The standard InChI is InChI=1S/C11H11BrO5/c1-16-9-5-7(6-13)4-8(12)11(9)17-3-2-10(14)15/h4-6H,2-3H2,1H3,(H,14,15). The van der Waals surface area contributed by atoms with E-state index in [4.69, 9.17) is 14.6 Å². The van der Waals surface area contributed by atoms with Crippen LogP contribution in [-0.4, -0.2) is 31.1 Å². The summed E-state index contributed by atoms with van der Waals surface area (Å²) in [6.45, 7) is 0.0325. The first kappa shape index (κ1) is 13.5. The van der Waals surface area contributed by atoms with Crippen molar-refractivity contribution in [2.24, 2.45) is 0 Å². The van der Waals surface area contributed by atoms with E-state index >= 15 is 0 Å². The molecule has 0 bridgehead atoms. The Labute approximate surface area is 106 Å². The molecule has 0 amide bonds. The third kappa shape index (κ3) is 3.74. The van der Waals surface area contributed by atoms with E-state index in [1.165, 1.54) is 13.2 Å². The molecule has 1 aromatic carbocycles. The first-order valence-electron chi connectivity index (χ1n) is 4.75. The summed E-state index contributed by atoms with van der Waals surface area (Å²) in [7, 11) is 1.44. The lowest BCUT2D eigenvalue weighted by Gasteiger charge is -2.12. The minimum atomic E-state index is -0.940. The molecular formula is C11H11BrO5. The zero-order chi connectivity index (χ0) is 12.8. The van der Waals surface area contributed by atoms with Crippen molar-refractivity contribution in [3.63, 3.8) is 0 Å². The number of benzene rings is 1. The van der Waals surface area contributed by atoms with Gasteiger partial charge in [-0.3, -0.25) is 9.59 Å². The van der Waals surface area contributed by atoms with Crippen LogP contribution in [0.1, 0.15) is 16.8 Å². The average molecular weight is 303 g/mol. The Morgan fingerprint density at radius 3 is 2.76 bits per heavy atom. The van der Waals surface area contributed by atoms with E-state index in [9.17, 15) is 9.59 Å². The van der Waals surface area contributed by atoms with Gasteiger partial charge in [0.25, 0.3) is 0 Å². The van der Waals surface area contributed by atoms with Gasteiger partial charge in [0.2, 0.25) is 0 Å². The van der Waals surface area contributed by atoms with Crippen LogP contribution in [-0.2, 0) is 4.79 Å². The molecule has 17 heavy (non-hydrogen) atoms. The largest absolute Gasteiger partial charge is 0.493 e. The van der Waals surface area contributed by atoms with Gasteiger partial charge in [-0.2, -0.15) is 0 Å². The highest BCUT2D eigenvalue weighted by Crippen LogP contribution is 2.36. The lowest BCUT2D eigenvalue weighted by Crippen LogP contribution is -2.06. The molecule has 1 N–H and O–H groups in total. The van der Waals surface area contributed by atoms with E-state index in [1.54, 1.807) is 6.07 Å². The molecule has 6 heteroatoms. The van der Waals surface area contributed by atoms with Crippen molar-refractivity contribution in [2.75, 3.05) is 13.7 Å². The van der Waals surface area contributed by atoms with Crippen molar-refractivity contribution < 1.29 is 24.2 Å². The maximum absolute atomic E-state index is 10.6. The number of carboxylic acids is 1. The molecule has 0 atom stereocenters. The number of carbonyl (C=O) groups excluding carboxylic acids is 1. The highest BCUT2D eigenvalue weighted by atomic mass is 79.9. The number of rotatable bonds is 6. The van der Waals surface area contributed by atoms with Crippen molar-refractivity contribution in [1.29, 1.82) is 0 Å². The number of hydrogen-bond donors (Lipinski definition) is 1. The molecule has 0 radical (unpaired) electrons. The van der Waals surface area contributed by atoms with E-state index in [-0.39, 0.29) is 13.0 Å². The molecule has 0 heterocycles. The fourth-order valence-corrected chi connectivity index (χ4v) is 1.76. The number of hydrogen-bond acceptors (Lipinski definition) is 4. The fourth-order valence-electron chi connectivity index (χ4n) is 1.19. The smallest absolute Gasteiger partial charge is 0.306 e. The molecule has 0 aromatic heterocycles. The first-order chi connectivity index (χ1) is 8.08. The van der Waals surface area contributed by atoms with Gasteiger partial charge < -0.3 is 14.6 Å². The van der Waals surface area contributed by atoms with Crippen molar-refractivity contribution in [2.45, 2.75) is 6.42 Å². The van der Waals surface area contributed by atoms with E-state index in [2.05, 4.69) is 15.9 Å². The maximum Gasteiger partial charge on any atom is 0.306 e. The quantitative estimate of drug-likeness (QED) is 0.815. The Bertz CT molecular complexity index is 430. The van der Waals surface area contributed by atoms with Crippen LogP contribution < -0.4 is 9.47 Å². The summed E-state index contributed by atoms with van der Waals surface area (Å²) in [5.41, 5.74) is 0.444. The number of aldehydes is 1. The number of methoxy groups -OCH3 is 1. The summed E-state index contributed by atoms with van der Waals surface area (Å²) in [6, 6.07) is 3.10. The molecule has 0 saturated heterocycles. The van der Waals surface area contributed by atoms with Crippen LogP contribution in [0.3, 0.4) is 0 Å². The molecule has 0 spiro atoms. The summed E-state index contributed by atoms with van der Waals surface area (Å²) >= 11 is 3.24. The zero-order valence-electron chi connectivity index (χ0n) is 9.10. The van der Waals surface area contributed by atoms with Crippen molar-refractivity contribution in [3.8, 4) is 11.5 Å². The van der Waals surface area contributed by atoms with E-state index in [0.717, 1.165) is 0 Å². The van der Waals surface area contributed by atoms with Gasteiger partial charge in [0.1, 0.15) is 6.29 Å². The average Bonchev–Trinajstić information content (AvgIpc) is 2.30. The molecule has 0 aliphatic heterocycles. The molecule has 0 aliphatic carbocycles. The highest BCUT2D eigenvalue weighted by Gasteiger charge is 2.12. The summed E-state index contributed by atoms with van der Waals surface area (Å²) in [5.74, 6) is -0.171. The molecule has 1 rings (SSSR count). The number of carbonyl (C=O) groups is 2. The molecule has 0 unspecified atom stereocenters. The van der Waals surface area contributed by atoms with Gasteiger partial charge in [-0.15, -0.1) is 0 Å². The Kier molecular flexibility index (Phi) is 4.96. The van der Waals surface area contributed by atoms with E-state index in [1.807, 2.05) is 0 Å². The van der Waals surface area contributed by atoms with Gasteiger partial charge in [0.15, 0.2) is 11.5 Å². The lowest BCUT2D eigenvalue weighted by molar-refractivity contribution is -0.137. The predicted molar refractivity (Wildman–Crippen MR) is 63.8 cm³/mol. The Morgan fingerprint density at radius 2 is 2.24 bits per heavy atom. The maximum atomic E-state index is 10.6. The van der Waals surface area contributed by atoms with Crippen LogP contribution in [0, 0.1) is 0 Å². The second-order valence-corrected chi connectivity index (χ2v) is 4.00. The minimum absolute atomic E-state index is 0.0325. The highest BCUT2D eigenvalue weighted by molar-refractivity contribution is 9.10. The number of aliphatic carboxylic acids is 1. The second kappa shape index (κ2) is 6.24. The summed E-state index contributed by atoms with van der Waals surface area (Å²) in [6.07, 6.45) is 0.583. The van der Waals surface area contributed by atoms with Gasteiger partial charge >= 0.3 is 5.97 Å². The number of halogens is 1. The van der Waals surface area contributed by atoms with Gasteiger partial charge in [-0.25, -0.2) is 0 Å². The third-order valence-corrected chi connectivity index (χ3v) is 2.54. The third-order valence-electron chi connectivity index (χ3n) is 1.95. The zero-order valence-corrected chi connectivity index (χ0v) is 10.7. The molecule has 1 aromatic rings. The molecule has 92 valence electrons. The van der Waals surface area contributed by atoms with Crippen molar-refractivity contribution in [3.05, 3.63) is 22.2 Å². The Morgan fingerprint density at radius 1 is 1.53 bits per heavy atom. The van der Waals surface area contributed by atoms with E-state index in [0.29, 0.717) is 27.8 Å². The summed E-state index contributed by atoms with van der Waals surface area (Å²) in [5, 5.41) is 8.50.